The van der Waals surface area contributed by atoms with Crippen LogP contribution in [-0.2, 0) is 0 Å². The molecule has 0 bridgehead atoms. The highest BCUT2D eigenvalue weighted by molar-refractivity contribution is 5.90. The molecule has 98 valence electrons. The monoisotopic (exact) mass is 263 g/mol. The predicted octanol–water partition coefficient (Wildman–Crippen LogP) is 3.72. The van der Waals surface area contributed by atoms with Gasteiger partial charge in [0.2, 0.25) is 0 Å². The van der Waals surface area contributed by atoms with Crippen molar-refractivity contribution in [1.29, 1.82) is 0 Å². The SMILES string of the molecule is Cc1cc(Nc2cccc(F)c2F)ccc1C(=O)O. The molecule has 0 saturated carbocycles. The zero-order chi connectivity index (χ0) is 14.0. The maximum atomic E-state index is 13.5. The van der Waals surface area contributed by atoms with Gasteiger partial charge in [-0.25, -0.2) is 13.6 Å². The number of halogens is 2. The molecule has 2 N–H and O–H groups in total. The standard InChI is InChI=1S/C14H11F2NO2/c1-8-7-9(5-6-10(8)14(18)19)17-12-4-2-3-11(15)13(12)16/h2-7,17H,1H3,(H,18,19). The second kappa shape index (κ2) is 5.06. The molecule has 0 aliphatic rings. The molecule has 0 fully saturated rings. The summed E-state index contributed by atoms with van der Waals surface area (Å²) in [5.41, 5.74) is 1.20. The summed E-state index contributed by atoms with van der Waals surface area (Å²) >= 11 is 0. The van der Waals surface area contributed by atoms with Gasteiger partial charge in [-0.1, -0.05) is 6.07 Å². The molecule has 0 atom stereocenters. The summed E-state index contributed by atoms with van der Waals surface area (Å²) in [4.78, 5) is 10.9. The van der Waals surface area contributed by atoms with Crippen LogP contribution in [0.2, 0.25) is 0 Å². The zero-order valence-electron chi connectivity index (χ0n) is 10.1. The highest BCUT2D eigenvalue weighted by Crippen LogP contribution is 2.23. The third-order valence-electron chi connectivity index (χ3n) is 2.69. The smallest absolute Gasteiger partial charge is 0.335 e. The van der Waals surface area contributed by atoms with Crippen LogP contribution < -0.4 is 5.32 Å². The Bertz CT molecular complexity index is 641. The minimum atomic E-state index is -1.03. The van der Waals surface area contributed by atoms with Crippen LogP contribution in [0.3, 0.4) is 0 Å². The van der Waals surface area contributed by atoms with Crippen LogP contribution in [0.25, 0.3) is 0 Å². The number of benzene rings is 2. The van der Waals surface area contributed by atoms with Gasteiger partial charge in [0, 0.05) is 5.69 Å². The van der Waals surface area contributed by atoms with Gasteiger partial charge < -0.3 is 10.4 Å². The molecule has 0 heterocycles. The van der Waals surface area contributed by atoms with Gasteiger partial charge in [0.15, 0.2) is 11.6 Å². The molecular formula is C14H11F2NO2. The van der Waals surface area contributed by atoms with Crippen LogP contribution >= 0.6 is 0 Å². The molecule has 0 aliphatic carbocycles. The number of carboxylic acids is 1. The van der Waals surface area contributed by atoms with E-state index in [2.05, 4.69) is 5.32 Å². The summed E-state index contributed by atoms with van der Waals surface area (Å²) in [6.45, 7) is 1.64. The van der Waals surface area contributed by atoms with E-state index in [-0.39, 0.29) is 11.3 Å². The maximum Gasteiger partial charge on any atom is 0.335 e. The summed E-state index contributed by atoms with van der Waals surface area (Å²) < 4.78 is 26.5. The Morgan fingerprint density at radius 1 is 1.21 bits per heavy atom. The second-order valence-electron chi connectivity index (χ2n) is 4.06. The molecule has 3 nitrogen and oxygen atoms in total. The third-order valence-corrected chi connectivity index (χ3v) is 2.69. The lowest BCUT2D eigenvalue weighted by Crippen LogP contribution is -2.01. The fraction of sp³-hybridized carbons (Fsp3) is 0.0714. The molecule has 5 heteroatoms. The summed E-state index contributed by atoms with van der Waals surface area (Å²) in [7, 11) is 0. The van der Waals surface area contributed by atoms with Crippen molar-refractivity contribution in [2.24, 2.45) is 0 Å². The number of anilines is 2. The summed E-state index contributed by atoms with van der Waals surface area (Å²) in [6.07, 6.45) is 0. The first-order valence-corrected chi connectivity index (χ1v) is 5.54. The average molecular weight is 263 g/mol. The van der Waals surface area contributed by atoms with Crippen LogP contribution in [0.1, 0.15) is 15.9 Å². The molecule has 0 aromatic heterocycles. The molecule has 2 rings (SSSR count). The van der Waals surface area contributed by atoms with E-state index < -0.39 is 17.6 Å². The first kappa shape index (κ1) is 13.0. The van der Waals surface area contributed by atoms with E-state index in [1.165, 1.54) is 24.3 Å². The van der Waals surface area contributed by atoms with Crippen LogP contribution in [0.15, 0.2) is 36.4 Å². The highest BCUT2D eigenvalue weighted by Gasteiger charge is 2.10. The number of aromatic carboxylic acids is 1. The van der Waals surface area contributed by atoms with Crippen molar-refractivity contribution in [1.82, 2.24) is 0 Å². The molecule has 2 aromatic rings. The highest BCUT2D eigenvalue weighted by atomic mass is 19.2. The number of carboxylic acid groups (broad SMARTS) is 1. The predicted molar refractivity (Wildman–Crippen MR) is 67.8 cm³/mol. The zero-order valence-corrected chi connectivity index (χ0v) is 10.1. The van der Waals surface area contributed by atoms with Crippen molar-refractivity contribution in [2.45, 2.75) is 6.92 Å². The normalized spacial score (nSPS) is 10.3. The van der Waals surface area contributed by atoms with Crippen molar-refractivity contribution >= 4 is 17.3 Å². The lowest BCUT2D eigenvalue weighted by Gasteiger charge is -2.09. The Morgan fingerprint density at radius 3 is 2.58 bits per heavy atom. The van der Waals surface area contributed by atoms with Crippen molar-refractivity contribution < 1.29 is 18.7 Å². The summed E-state index contributed by atoms with van der Waals surface area (Å²) in [6, 6.07) is 8.29. The minimum Gasteiger partial charge on any atom is -0.478 e. The number of rotatable bonds is 3. The number of nitrogens with one attached hydrogen (secondary N) is 1. The van der Waals surface area contributed by atoms with Crippen molar-refractivity contribution in [2.75, 3.05) is 5.32 Å². The van der Waals surface area contributed by atoms with Gasteiger partial charge in [0.1, 0.15) is 0 Å². The largest absolute Gasteiger partial charge is 0.478 e. The lowest BCUT2D eigenvalue weighted by atomic mass is 10.1. The molecule has 0 amide bonds. The lowest BCUT2D eigenvalue weighted by molar-refractivity contribution is 0.0696. The Kier molecular flexibility index (Phi) is 3.46. The third kappa shape index (κ3) is 2.70. The molecule has 0 unspecified atom stereocenters. The maximum absolute atomic E-state index is 13.5. The van der Waals surface area contributed by atoms with Crippen LogP contribution in [0.5, 0.6) is 0 Å². The van der Waals surface area contributed by atoms with Crippen LogP contribution in [-0.4, -0.2) is 11.1 Å². The Morgan fingerprint density at radius 2 is 1.95 bits per heavy atom. The van der Waals surface area contributed by atoms with E-state index >= 15 is 0 Å². The minimum absolute atomic E-state index is 0.00229. The van der Waals surface area contributed by atoms with E-state index in [1.54, 1.807) is 13.0 Å². The fourth-order valence-corrected chi connectivity index (χ4v) is 1.74. The van der Waals surface area contributed by atoms with Crippen LogP contribution in [0, 0.1) is 18.6 Å². The average Bonchev–Trinajstić information content (AvgIpc) is 2.34. The van der Waals surface area contributed by atoms with Crippen LogP contribution in [0.4, 0.5) is 20.2 Å². The van der Waals surface area contributed by atoms with Crippen molar-refractivity contribution in [3.63, 3.8) is 0 Å². The van der Waals surface area contributed by atoms with E-state index in [9.17, 15) is 13.6 Å². The quantitative estimate of drug-likeness (QED) is 0.887. The van der Waals surface area contributed by atoms with Gasteiger partial charge in [-0.05, 0) is 42.8 Å². The molecule has 19 heavy (non-hydrogen) atoms. The van der Waals surface area contributed by atoms with Gasteiger partial charge in [0.05, 0.1) is 11.3 Å². The molecular weight excluding hydrogens is 252 g/mol. The molecule has 0 saturated heterocycles. The van der Waals surface area contributed by atoms with E-state index in [1.807, 2.05) is 0 Å². The first-order valence-electron chi connectivity index (χ1n) is 5.54. The number of hydrogen-bond acceptors (Lipinski definition) is 2. The van der Waals surface area contributed by atoms with E-state index in [0.29, 0.717) is 11.3 Å². The molecule has 0 radical (unpaired) electrons. The summed E-state index contributed by atoms with van der Waals surface area (Å²) in [5.74, 6) is -2.94. The van der Waals surface area contributed by atoms with Crippen molar-refractivity contribution in [3.8, 4) is 0 Å². The van der Waals surface area contributed by atoms with Gasteiger partial charge in [-0.2, -0.15) is 0 Å². The molecule has 2 aromatic carbocycles. The van der Waals surface area contributed by atoms with E-state index in [4.69, 9.17) is 5.11 Å². The number of aryl methyl sites for hydroxylation is 1. The van der Waals surface area contributed by atoms with Gasteiger partial charge >= 0.3 is 5.97 Å². The topological polar surface area (TPSA) is 49.3 Å². The number of hydrogen-bond donors (Lipinski definition) is 2. The number of carbonyl (C=O) groups is 1. The second-order valence-corrected chi connectivity index (χ2v) is 4.06. The van der Waals surface area contributed by atoms with Gasteiger partial charge in [-0.15, -0.1) is 0 Å². The Hall–Kier alpha value is -2.43. The Labute approximate surface area is 108 Å². The Balaban J connectivity index is 2.32. The van der Waals surface area contributed by atoms with Gasteiger partial charge in [-0.3, -0.25) is 0 Å². The fourth-order valence-electron chi connectivity index (χ4n) is 1.74. The van der Waals surface area contributed by atoms with E-state index in [0.717, 1.165) is 6.07 Å². The molecule has 0 aliphatic heterocycles. The summed E-state index contributed by atoms with van der Waals surface area (Å²) in [5, 5.41) is 11.6. The first-order chi connectivity index (χ1) is 8.99. The van der Waals surface area contributed by atoms with Crippen molar-refractivity contribution in [3.05, 3.63) is 59.2 Å². The van der Waals surface area contributed by atoms with Gasteiger partial charge in [0.25, 0.3) is 0 Å². The molecule has 0 spiro atoms.